The van der Waals surface area contributed by atoms with Crippen LogP contribution in [0.2, 0.25) is 0 Å². The number of Topliss-reactive ketones (excluding diaryl/α,β-unsaturated/α-hetero) is 1. The average Bonchev–Trinajstić information content (AvgIpc) is 2.79. The highest BCUT2D eigenvalue weighted by atomic mass is 16.2. The highest BCUT2D eigenvalue weighted by molar-refractivity contribution is 6.09. The number of benzene rings is 1. The number of imide groups is 1. The lowest BCUT2D eigenvalue weighted by atomic mass is 9.75. The van der Waals surface area contributed by atoms with Crippen molar-refractivity contribution in [1.82, 2.24) is 9.80 Å². The van der Waals surface area contributed by atoms with E-state index < -0.39 is 5.54 Å². The highest BCUT2D eigenvalue weighted by Gasteiger charge is 2.56. The molecule has 1 saturated heterocycles. The van der Waals surface area contributed by atoms with E-state index in [4.69, 9.17) is 0 Å². The summed E-state index contributed by atoms with van der Waals surface area (Å²) in [6.07, 6.45) is 5.56. The largest absolute Gasteiger partial charge is 0.327 e. The van der Waals surface area contributed by atoms with Gasteiger partial charge in [0, 0.05) is 13.5 Å². The number of likely N-dealkylation sites (N-methyl/N-ethyl adjacent to an activating group) is 1. The van der Waals surface area contributed by atoms with Gasteiger partial charge in [-0.05, 0) is 31.2 Å². The maximum atomic E-state index is 13.0. The Morgan fingerprint density at radius 2 is 1.76 bits per heavy atom. The van der Waals surface area contributed by atoms with Crippen LogP contribution in [0.4, 0.5) is 4.79 Å². The number of nitrogens with zero attached hydrogens (tertiary/aromatic N) is 2. The number of carbonyl (C=O) groups excluding carboxylic acids is 3. The molecule has 2 fully saturated rings. The number of ketones is 1. The van der Waals surface area contributed by atoms with Gasteiger partial charge in [-0.15, -0.1) is 0 Å². The van der Waals surface area contributed by atoms with Gasteiger partial charge in [0.15, 0.2) is 5.78 Å². The first-order valence-corrected chi connectivity index (χ1v) is 9.10. The van der Waals surface area contributed by atoms with Gasteiger partial charge in [0.1, 0.15) is 5.54 Å². The molecule has 1 atom stereocenters. The van der Waals surface area contributed by atoms with Crippen molar-refractivity contribution >= 4 is 17.7 Å². The van der Waals surface area contributed by atoms with Crippen LogP contribution in [0.1, 0.15) is 44.6 Å². The zero-order valence-corrected chi connectivity index (χ0v) is 15.0. The zero-order chi connectivity index (χ0) is 18.0. The predicted molar refractivity (Wildman–Crippen MR) is 95.0 cm³/mol. The molecule has 1 aromatic rings. The fourth-order valence-corrected chi connectivity index (χ4v) is 4.19. The molecule has 3 rings (SSSR count). The summed E-state index contributed by atoms with van der Waals surface area (Å²) in [6.45, 7) is 1.73. The molecule has 5 heteroatoms. The van der Waals surface area contributed by atoms with E-state index in [0.717, 1.165) is 36.1 Å². The van der Waals surface area contributed by atoms with Crippen molar-refractivity contribution in [2.45, 2.75) is 51.0 Å². The lowest BCUT2D eigenvalue weighted by molar-refractivity contribution is -0.137. The van der Waals surface area contributed by atoms with Crippen molar-refractivity contribution in [3.8, 4) is 0 Å². The maximum Gasteiger partial charge on any atom is 0.327 e. The monoisotopic (exact) mass is 342 g/mol. The molecule has 3 amide bonds. The molecule has 1 aliphatic carbocycles. The van der Waals surface area contributed by atoms with Gasteiger partial charge in [0.25, 0.3) is 5.91 Å². The minimum atomic E-state index is -0.815. The Balaban J connectivity index is 1.72. The summed E-state index contributed by atoms with van der Waals surface area (Å²) in [5, 5.41) is 0. The lowest BCUT2D eigenvalue weighted by Gasteiger charge is -2.38. The summed E-state index contributed by atoms with van der Waals surface area (Å²) in [5.41, 5.74) is 0.0832. The van der Waals surface area contributed by atoms with E-state index in [1.807, 2.05) is 37.3 Å². The number of hydrogen-bond acceptors (Lipinski definition) is 3. The van der Waals surface area contributed by atoms with Crippen LogP contribution in [0.25, 0.3) is 0 Å². The second-order valence-corrected chi connectivity index (χ2v) is 7.42. The van der Waals surface area contributed by atoms with Crippen LogP contribution in [0.5, 0.6) is 0 Å². The molecule has 1 unspecified atom stereocenters. The molecule has 1 aliphatic heterocycles. The van der Waals surface area contributed by atoms with Crippen molar-refractivity contribution < 1.29 is 14.4 Å². The fourth-order valence-electron chi connectivity index (χ4n) is 4.19. The third kappa shape index (κ3) is 3.20. The van der Waals surface area contributed by atoms with Gasteiger partial charge in [-0.1, -0.05) is 49.6 Å². The summed E-state index contributed by atoms with van der Waals surface area (Å²) in [7, 11) is 1.69. The van der Waals surface area contributed by atoms with Gasteiger partial charge in [-0.25, -0.2) is 4.79 Å². The lowest BCUT2D eigenvalue weighted by Crippen LogP contribution is -2.52. The number of amides is 3. The Morgan fingerprint density at radius 3 is 2.40 bits per heavy atom. The molecule has 0 spiro atoms. The summed E-state index contributed by atoms with van der Waals surface area (Å²) in [6, 6.07) is 9.06. The summed E-state index contributed by atoms with van der Waals surface area (Å²) < 4.78 is 0. The van der Waals surface area contributed by atoms with Crippen molar-refractivity contribution in [2.24, 2.45) is 5.92 Å². The third-order valence-electron chi connectivity index (χ3n) is 5.87. The van der Waals surface area contributed by atoms with Gasteiger partial charge in [0.2, 0.25) is 0 Å². The Hall–Kier alpha value is -2.17. The van der Waals surface area contributed by atoms with Crippen LogP contribution >= 0.6 is 0 Å². The predicted octanol–water partition coefficient (Wildman–Crippen LogP) is 3.03. The molecule has 0 radical (unpaired) electrons. The van der Waals surface area contributed by atoms with Crippen LogP contribution < -0.4 is 0 Å². The first-order chi connectivity index (χ1) is 11.9. The Kier molecular flexibility index (Phi) is 4.93. The minimum Gasteiger partial charge on any atom is -0.313 e. The van der Waals surface area contributed by atoms with Gasteiger partial charge in [-0.2, -0.15) is 0 Å². The van der Waals surface area contributed by atoms with Crippen LogP contribution in [0.3, 0.4) is 0 Å². The zero-order valence-electron chi connectivity index (χ0n) is 15.0. The Labute approximate surface area is 149 Å². The number of carbonyl (C=O) groups is 3. The van der Waals surface area contributed by atoms with Crippen molar-refractivity contribution in [2.75, 3.05) is 13.6 Å². The van der Waals surface area contributed by atoms with E-state index in [1.54, 1.807) is 11.9 Å². The molecule has 1 heterocycles. The molecule has 1 saturated carbocycles. The summed E-state index contributed by atoms with van der Waals surface area (Å²) >= 11 is 0. The number of hydrogen-bond donors (Lipinski definition) is 0. The smallest absolute Gasteiger partial charge is 0.313 e. The van der Waals surface area contributed by atoms with Crippen molar-refractivity contribution in [3.05, 3.63) is 35.9 Å². The van der Waals surface area contributed by atoms with Crippen molar-refractivity contribution in [3.63, 3.8) is 0 Å². The molecule has 0 N–H and O–H groups in total. The van der Waals surface area contributed by atoms with Crippen LogP contribution in [-0.2, 0) is 16.0 Å². The first-order valence-electron chi connectivity index (χ1n) is 9.10. The van der Waals surface area contributed by atoms with E-state index in [2.05, 4.69) is 0 Å². The minimum absolute atomic E-state index is 0.116. The van der Waals surface area contributed by atoms with E-state index in [9.17, 15) is 14.4 Å². The topological polar surface area (TPSA) is 57.7 Å². The normalized spacial score (nSPS) is 24.9. The van der Waals surface area contributed by atoms with Crippen LogP contribution in [0, 0.1) is 5.92 Å². The standard InChI is InChI=1S/C20H26N2O3/c1-20(16-11-7-4-8-12-16)18(24)22(19(25)21(20)2)14-17(23)13-15-9-5-3-6-10-15/h3,5-6,9-10,16H,4,7-8,11-14H2,1-2H3. The van der Waals surface area contributed by atoms with Gasteiger partial charge in [-0.3, -0.25) is 14.5 Å². The maximum absolute atomic E-state index is 13.0. The van der Waals surface area contributed by atoms with Crippen LogP contribution in [0.15, 0.2) is 30.3 Å². The Morgan fingerprint density at radius 1 is 1.12 bits per heavy atom. The molecule has 2 aliphatic rings. The first kappa shape index (κ1) is 17.6. The number of urea groups is 1. The second kappa shape index (κ2) is 6.98. The Bertz CT molecular complexity index is 667. The number of rotatable bonds is 5. The molecule has 134 valence electrons. The summed E-state index contributed by atoms with van der Waals surface area (Å²) in [4.78, 5) is 40.8. The van der Waals surface area contributed by atoms with Gasteiger partial charge >= 0.3 is 6.03 Å². The molecule has 5 nitrogen and oxygen atoms in total. The highest BCUT2D eigenvalue weighted by Crippen LogP contribution is 2.40. The average molecular weight is 342 g/mol. The van der Waals surface area contributed by atoms with E-state index in [-0.39, 0.29) is 36.6 Å². The second-order valence-electron chi connectivity index (χ2n) is 7.42. The molecule has 0 bridgehead atoms. The quantitative estimate of drug-likeness (QED) is 0.773. The van der Waals surface area contributed by atoms with E-state index >= 15 is 0 Å². The van der Waals surface area contributed by atoms with Gasteiger partial charge in [0.05, 0.1) is 6.54 Å². The molecule has 25 heavy (non-hydrogen) atoms. The molecule has 0 aromatic heterocycles. The molecular formula is C20H26N2O3. The molecular weight excluding hydrogens is 316 g/mol. The fraction of sp³-hybridized carbons (Fsp3) is 0.550. The van der Waals surface area contributed by atoms with E-state index in [0.29, 0.717) is 0 Å². The van der Waals surface area contributed by atoms with Gasteiger partial charge < -0.3 is 4.90 Å². The SMILES string of the molecule is CN1C(=O)N(CC(=O)Cc2ccccc2)C(=O)C1(C)C1CCCCC1. The molecule has 1 aromatic carbocycles. The summed E-state index contributed by atoms with van der Waals surface area (Å²) in [5.74, 6) is -0.153. The van der Waals surface area contributed by atoms with E-state index in [1.165, 1.54) is 6.42 Å². The third-order valence-corrected chi connectivity index (χ3v) is 5.87. The van der Waals surface area contributed by atoms with Crippen molar-refractivity contribution in [1.29, 1.82) is 0 Å². The van der Waals surface area contributed by atoms with Crippen LogP contribution in [-0.4, -0.2) is 46.7 Å².